The van der Waals surface area contributed by atoms with E-state index in [-0.39, 0.29) is 23.8 Å². The molecule has 1 aromatic carbocycles. The van der Waals surface area contributed by atoms with E-state index < -0.39 is 0 Å². The molecule has 3 rings (SSSR count). The number of piperidine rings is 1. The van der Waals surface area contributed by atoms with Gasteiger partial charge in [-0.15, -0.1) is 0 Å². The number of nitrogens with zero attached hydrogens (tertiary/aromatic N) is 2. The molecule has 0 unspecified atom stereocenters. The van der Waals surface area contributed by atoms with Crippen molar-refractivity contribution in [2.24, 2.45) is 0 Å². The van der Waals surface area contributed by atoms with Crippen molar-refractivity contribution >= 4 is 11.9 Å². The molecule has 2 fully saturated rings. The number of halogens is 1. The number of carbonyl (C=O) groups excluding carboxylic acids is 2. The summed E-state index contributed by atoms with van der Waals surface area (Å²) in [6.07, 6.45) is 2.56. The maximum Gasteiger partial charge on any atom is 0.317 e. The number of rotatable bonds is 2. The molecule has 0 saturated carbocycles. The molecule has 0 bridgehead atoms. The highest BCUT2D eigenvalue weighted by Gasteiger charge is 2.30. The highest BCUT2D eigenvalue weighted by molar-refractivity contribution is 5.94. The Morgan fingerprint density at radius 3 is 2.45 bits per heavy atom. The van der Waals surface area contributed by atoms with Crippen molar-refractivity contribution in [3.63, 3.8) is 0 Å². The monoisotopic (exact) mass is 305 g/mol. The van der Waals surface area contributed by atoms with E-state index in [0.29, 0.717) is 18.7 Å². The lowest BCUT2D eigenvalue weighted by Crippen LogP contribution is -2.54. The van der Waals surface area contributed by atoms with Crippen molar-refractivity contribution in [2.75, 3.05) is 26.2 Å². The summed E-state index contributed by atoms with van der Waals surface area (Å²) < 4.78 is 12.9. The van der Waals surface area contributed by atoms with Gasteiger partial charge < -0.3 is 15.1 Å². The van der Waals surface area contributed by atoms with Crippen molar-refractivity contribution in [2.45, 2.75) is 25.3 Å². The van der Waals surface area contributed by atoms with Crippen LogP contribution in [0.4, 0.5) is 9.18 Å². The van der Waals surface area contributed by atoms with E-state index in [1.165, 1.54) is 24.3 Å². The zero-order valence-electron chi connectivity index (χ0n) is 12.4. The topological polar surface area (TPSA) is 52.7 Å². The summed E-state index contributed by atoms with van der Waals surface area (Å²) in [4.78, 5) is 27.9. The molecule has 3 amide bonds. The smallest absolute Gasteiger partial charge is 0.317 e. The van der Waals surface area contributed by atoms with Gasteiger partial charge in [0.2, 0.25) is 0 Å². The summed E-state index contributed by atoms with van der Waals surface area (Å²) in [5, 5.41) is 2.87. The second-order valence-corrected chi connectivity index (χ2v) is 5.81. The average molecular weight is 305 g/mol. The van der Waals surface area contributed by atoms with Crippen molar-refractivity contribution in [3.05, 3.63) is 35.6 Å². The quantitative estimate of drug-likeness (QED) is 0.906. The van der Waals surface area contributed by atoms with Crippen LogP contribution in [-0.2, 0) is 0 Å². The third kappa shape index (κ3) is 3.05. The summed E-state index contributed by atoms with van der Waals surface area (Å²) in [7, 11) is 0. The first-order valence-electron chi connectivity index (χ1n) is 7.74. The SMILES string of the molecule is O=C(c1ccc(F)cc1)N1CCC(N2CCCNC2=O)CC1. The molecular weight excluding hydrogens is 285 g/mol. The molecule has 2 aliphatic heterocycles. The number of likely N-dealkylation sites (tertiary alicyclic amines) is 1. The van der Waals surface area contributed by atoms with Crippen LogP contribution in [0, 0.1) is 5.82 Å². The zero-order chi connectivity index (χ0) is 15.5. The molecular formula is C16H20FN3O2. The van der Waals surface area contributed by atoms with E-state index in [1.54, 1.807) is 4.90 Å². The predicted molar refractivity (Wildman–Crippen MR) is 80.0 cm³/mol. The Balaban J connectivity index is 1.58. The highest BCUT2D eigenvalue weighted by atomic mass is 19.1. The molecule has 0 atom stereocenters. The normalized spacial score (nSPS) is 20.0. The Labute approximate surface area is 129 Å². The molecule has 2 aliphatic rings. The van der Waals surface area contributed by atoms with E-state index in [0.717, 1.165) is 32.4 Å². The van der Waals surface area contributed by atoms with Gasteiger partial charge in [0, 0.05) is 37.8 Å². The van der Waals surface area contributed by atoms with E-state index in [2.05, 4.69) is 5.32 Å². The molecule has 1 aromatic rings. The van der Waals surface area contributed by atoms with Crippen LogP contribution in [0.3, 0.4) is 0 Å². The molecule has 0 spiro atoms. The van der Waals surface area contributed by atoms with Crippen molar-refractivity contribution in [3.8, 4) is 0 Å². The summed E-state index contributed by atoms with van der Waals surface area (Å²) in [5.74, 6) is -0.409. The molecule has 118 valence electrons. The number of benzene rings is 1. The minimum Gasteiger partial charge on any atom is -0.338 e. The Morgan fingerprint density at radius 1 is 1.14 bits per heavy atom. The van der Waals surface area contributed by atoms with Crippen LogP contribution < -0.4 is 5.32 Å². The first-order chi connectivity index (χ1) is 10.6. The van der Waals surface area contributed by atoms with Crippen LogP contribution in [0.15, 0.2) is 24.3 Å². The predicted octanol–water partition coefficient (Wildman–Crippen LogP) is 1.85. The third-order valence-corrected chi connectivity index (χ3v) is 4.40. The highest BCUT2D eigenvalue weighted by Crippen LogP contribution is 2.20. The molecule has 1 N–H and O–H groups in total. The maximum absolute atomic E-state index is 12.9. The van der Waals surface area contributed by atoms with Crippen LogP contribution in [0.5, 0.6) is 0 Å². The minimum atomic E-state index is -0.341. The number of hydrogen-bond donors (Lipinski definition) is 1. The van der Waals surface area contributed by atoms with Crippen LogP contribution in [0.1, 0.15) is 29.6 Å². The Bertz CT molecular complexity index is 553. The second-order valence-electron chi connectivity index (χ2n) is 5.81. The van der Waals surface area contributed by atoms with Crippen LogP contribution >= 0.6 is 0 Å². The lowest BCUT2D eigenvalue weighted by molar-refractivity contribution is 0.0642. The Morgan fingerprint density at radius 2 is 1.82 bits per heavy atom. The van der Waals surface area contributed by atoms with Crippen LogP contribution in [0.2, 0.25) is 0 Å². The van der Waals surface area contributed by atoms with E-state index >= 15 is 0 Å². The van der Waals surface area contributed by atoms with Crippen LogP contribution in [-0.4, -0.2) is 54.0 Å². The summed E-state index contributed by atoms with van der Waals surface area (Å²) >= 11 is 0. The number of carbonyl (C=O) groups is 2. The van der Waals surface area contributed by atoms with Gasteiger partial charge in [-0.2, -0.15) is 0 Å². The molecule has 6 heteroatoms. The van der Waals surface area contributed by atoms with Gasteiger partial charge in [-0.3, -0.25) is 4.79 Å². The largest absolute Gasteiger partial charge is 0.338 e. The molecule has 2 heterocycles. The lowest BCUT2D eigenvalue weighted by atomic mass is 10.0. The zero-order valence-corrected chi connectivity index (χ0v) is 12.4. The minimum absolute atomic E-state index is 0.00885. The molecule has 0 radical (unpaired) electrons. The summed E-state index contributed by atoms with van der Waals surface area (Å²) in [5.41, 5.74) is 0.510. The molecule has 0 aromatic heterocycles. The average Bonchev–Trinajstić information content (AvgIpc) is 2.56. The van der Waals surface area contributed by atoms with Gasteiger partial charge in [-0.25, -0.2) is 9.18 Å². The first-order valence-corrected chi connectivity index (χ1v) is 7.74. The third-order valence-electron chi connectivity index (χ3n) is 4.40. The summed E-state index contributed by atoms with van der Waals surface area (Å²) in [6, 6.07) is 5.85. The Hall–Kier alpha value is -2.11. The number of amides is 3. The van der Waals surface area contributed by atoms with Gasteiger partial charge in [0.05, 0.1) is 0 Å². The maximum atomic E-state index is 12.9. The summed E-state index contributed by atoms with van der Waals surface area (Å²) in [6.45, 7) is 2.80. The molecule has 22 heavy (non-hydrogen) atoms. The lowest BCUT2D eigenvalue weighted by Gasteiger charge is -2.40. The standard InChI is InChI=1S/C16H20FN3O2/c17-13-4-2-12(3-5-13)15(21)19-10-6-14(7-11-19)20-9-1-8-18-16(20)22/h2-5,14H,1,6-11H2,(H,18,22). The van der Waals surface area contributed by atoms with E-state index in [1.807, 2.05) is 4.90 Å². The van der Waals surface area contributed by atoms with E-state index in [9.17, 15) is 14.0 Å². The van der Waals surface area contributed by atoms with Crippen molar-refractivity contribution in [1.29, 1.82) is 0 Å². The molecule has 0 aliphatic carbocycles. The fourth-order valence-electron chi connectivity index (χ4n) is 3.15. The van der Waals surface area contributed by atoms with Gasteiger partial charge in [-0.1, -0.05) is 0 Å². The number of nitrogens with one attached hydrogen (secondary N) is 1. The van der Waals surface area contributed by atoms with Gasteiger partial charge in [0.15, 0.2) is 0 Å². The van der Waals surface area contributed by atoms with Gasteiger partial charge in [0.1, 0.15) is 5.82 Å². The van der Waals surface area contributed by atoms with Crippen molar-refractivity contribution in [1.82, 2.24) is 15.1 Å². The Kier molecular flexibility index (Phi) is 4.27. The fraction of sp³-hybridized carbons (Fsp3) is 0.500. The van der Waals surface area contributed by atoms with E-state index in [4.69, 9.17) is 0 Å². The first kappa shape index (κ1) is 14.8. The van der Waals surface area contributed by atoms with Crippen molar-refractivity contribution < 1.29 is 14.0 Å². The fourth-order valence-corrected chi connectivity index (χ4v) is 3.15. The number of hydrogen-bond acceptors (Lipinski definition) is 2. The van der Waals surface area contributed by atoms with Gasteiger partial charge in [-0.05, 0) is 43.5 Å². The van der Waals surface area contributed by atoms with Gasteiger partial charge >= 0.3 is 6.03 Å². The number of urea groups is 1. The molecule has 2 saturated heterocycles. The van der Waals surface area contributed by atoms with Crippen LogP contribution in [0.25, 0.3) is 0 Å². The van der Waals surface area contributed by atoms with Gasteiger partial charge in [0.25, 0.3) is 5.91 Å². The second kappa shape index (κ2) is 6.34. The molecule has 5 nitrogen and oxygen atoms in total.